The third kappa shape index (κ3) is 2.20. The molecule has 3 aromatic heterocycles. The molecule has 1 aliphatic rings. The number of nitrogens with zero attached hydrogens (tertiary/aromatic N) is 6. The second-order valence-electron chi connectivity index (χ2n) is 6.32. The molecule has 23 heavy (non-hydrogen) atoms. The summed E-state index contributed by atoms with van der Waals surface area (Å²) in [4.78, 5) is 4.43. The van der Waals surface area contributed by atoms with Crippen molar-refractivity contribution in [3.8, 4) is 17.3 Å². The van der Waals surface area contributed by atoms with Crippen LogP contribution in [0, 0.1) is 17.2 Å². The lowest BCUT2D eigenvalue weighted by atomic mass is 9.67. The van der Waals surface area contributed by atoms with Crippen molar-refractivity contribution in [1.29, 1.82) is 5.26 Å². The van der Waals surface area contributed by atoms with Crippen LogP contribution in [0.25, 0.3) is 16.8 Å². The first-order valence-corrected chi connectivity index (χ1v) is 7.91. The first kappa shape index (κ1) is 14.2. The SMILES string of the molecule is CC1CC(CC#N)(n2cc(-c3nc(Cl)cn4nccc34)cn2)C1. The molecule has 0 aromatic carbocycles. The summed E-state index contributed by atoms with van der Waals surface area (Å²) < 4.78 is 3.64. The van der Waals surface area contributed by atoms with Gasteiger partial charge >= 0.3 is 0 Å². The highest BCUT2D eigenvalue weighted by atomic mass is 35.5. The fourth-order valence-electron chi connectivity index (χ4n) is 3.61. The molecule has 1 fully saturated rings. The monoisotopic (exact) mass is 326 g/mol. The van der Waals surface area contributed by atoms with E-state index < -0.39 is 0 Å². The number of hydrogen-bond donors (Lipinski definition) is 0. The molecule has 3 aromatic rings. The second-order valence-corrected chi connectivity index (χ2v) is 6.71. The zero-order valence-corrected chi connectivity index (χ0v) is 13.4. The molecular weight excluding hydrogens is 312 g/mol. The predicted octanol–water partition coefficient (Wildman–Crippen LogP) is 3.29. The maximum absolute atomic E-state index is 9.16. The van der Waals surface area contributed by atoms with Crippen molar-refractivity contribution in [3.05, 3.63) is 36.0 Å². The van der Waals surface area contributed by atoms with Crippen molar-refractivity contribution in [2.24, 2.45) is 5.92 Å². The van der Waals surface area contributed by atoms with Crippen LogP contribution in [0.5, 0.6) is 0 Å². The Bertz CT molecular complexity index is 912. The summed E-state index contributed by atoms with van der Waals surface area (Å²) in [7, 11) is 0. The number of aromatic nitrogens is 5. The van der Waals surface area contributed by atoms with E-state index in [1.807, 2.05) is 16.9 Å². The molecule has 0 N–H and O–H groups in total. The first-order valence-electron chi connectivity index (χ1n) is 7.54. The van der Waals surface area contributed by atoms with Gasteiger partial charge in [-0.2, -0.15) is 15.5 Å². The van der Waals surface area contributed by atoms with Gasteiger partial charge in [0.15, 0.2) is 0 Å². The van der Waals surface area contributed by atoms with E-state index in [-0.39, 0.29) is 5.54 Å². The lowest BCUT2D eigenvalue weighted by molar-refractivity contribution is 0.0682. The summed E-state index contributed by atoms with van der Waals surface area (Å²) in [5, 5.41) is 18.3. The summed E-state index contributed by atoms with van der Waals surface area (Å²) in [6.07, 6.45) is 9.58. The van der Waals surface area contributed by atoms with E-state index in [9.17, 15) is 0 Å². The predicted molar refractivity (Wildman–Crippen MR) is 85.8 cm³/mol. The van der Waals surface area contributed by atoms with Crippen molar-refractivity contribution in [2.45, 2.75) is 31.7 Å². The number of nitriles is 1. The average molecular weight is 327 g/mol. The van der Waals surface area contributed by atoms with Crippen molar-refractivity contribution in [3.63, 3.8) is 0 Å². The van der Waals surface area contributed by atoms with Crippen LogP contribution < -0.4 is 0 Å². The van der Waals surface area contributed by atoms with Gasteiger partial charge in [-0.3, -0.25) is 4.68 Å². The van der Waals surface area contributed by atoms with Crippen LogP contribution in [0.2, 0.25) is 5.15 Å². The van der Waals surface area contributed by atoms with E-state index >= 15 is 0 Å². The fraction of sp³-hybridized carbons (Fsp3) is 0.375. The molecule has 0 unspecified atom stereocenters. The lowest BCUT2D eigenvalue weighted by Crippen LogP contribution is -2.45. The number of halogens is 1. The Morgan fingerprint density at radius 3 is 2.96 bits per heavy atom. The van der Waals surface area contributed by atoms with Gasteiger partial charge in [-0.25, -0.2) is 9.50 Å². The minimum Gasteiger partial charge on any atom is -0.265 e. The van der Waals surface area contributed by atoms with Crippen LogP contribution in [-0.2, 0) is 5.54 Å². The number of hydrogen-bond acceptors (Lipinski definition) is 4. The number of rotatable bonds is 3. The Morgan fingerprint density at radius 2 is 2.22 bits per heavy atom. The molecule has 0 amide bonds. The highest BCUT2D eigenvalue weighted by Crippen LogP contribution is 2.46. The molecule has 6 nitrogen and oxygen atoms in total. The molecule has 4 rings (SSSR count). The third-order valence-electron chi connectivity index (χ3n) is 4.57. The van der Waals surface area contributed by atoms with Gasteiger partial charge in [0.1, 0.15) is 10.8 Å². The van der Waals surface area contributed by atoms with Gasteiger partial charge in [0.25, 0.3) is 0 Å². The van der Waals surface area contributed by atoms with Crippen molar-refractivity contribution >= 4 is 17.1 Å². The fourth-order valence-corrected chi connectivity index (χ4v) is 3.79. The second kappa shape index (κ2) is 5.07. The summed E-state index contributed by atoms with van der Waals surface area (Å²) >= 11 is 6.09. The molecule has 0 bridgehead atoms. The molecule has 0 radical (unpaired) electrons. The molecule has 0 spiro atoms. The van der Waals surface area contributed by atoms with E-state index in [0.29, 0.717) is 17.5 Å². The summed E-state index contributed by atoms with van der Waals surface area (Å²) in [5.41, 5.74) is 2.34. The van der Waals surface area contributed by atoms with E-state index in [1.54, 1.807) is 23.1 Å². The largest absolute Gasteiger partial charge is 0.265 e. The maximum atomic E-state index is 9.16. The lowest BCUT2D eigenvalue weighted by Gasteiger charge is -2.45. The van der Waals surface area contributed by atoms with Crippen LogP contribution in [0.4, 0.5) is 0 Å². The first-order chi connectivity index (χ1) is 11.1. The molecule has 7 heteroatoms. The molecule has 1 aliphatic carbocycles. The van der Waals surface area contributed by atoms with Crippen LogP contribution in [-0.4, -0.2) is 24.4 Å². The van der Waals surface area contributed by atoms with E-state index in [1.165, 1.54) is 0 Å². The van der Waals surface area contributed by atoms with Gasteiger partial charge in [-0.15, -0.1) is 0 Å². The third-order valence-corrected chi connectivity index (χ3v) is 4.75. The van der Waals surface area contributed by atoms with Crippen molar-refractivity contribution < 1.29 is 0 Å². The van der Waals surface area contributed by atoms with Gasteiger partial charge in [-0.1, -0.05) is 18.5 Å². The van der Waals surface area contributed by atoms with E-state index in [4.69, 9.17) is 16.9 Å². The van der Waals surface area contributed by atoms with Crippen LogP contribution in [0.15, 0.2) is 30.9 Å². The van der Waals surface area contributed by atoms with Gasteiger partial charge in [0.05, 0.1) is 42.1 Å². The van der Waals surface area contributed by atoms with E-state index in [0.717, 1.165) is 29.6 Å². The van der Waals surface area contributed by atoms with Crippen molar-refractivity contribution in [2.75, 3.05) is 0 Å². The molecule has 3 heterocycles. The summed E-state index contributed by atoms with van der Waals surface area (Å²) in [5.74, 6) is 0.627. The normalized spacial score (nSPS) is 23.6. The molecule has 1 saturated carbocycles. The molecular formula is C16H15ClN6. The standard InChI is InChI=1S/C16H15ClN6/c1-11-6-16(7-11,3-4-18)23-9-12(8-20-23)15-13-2-5-19-22(13)10-14(17)21-15/h2,5,8-11H,3,6-7H2,1H3. The molecule has 0 saturated heterocycles. The van der Waals surface area contributed by atoms with Gasteiger partial charge in [0, 0.05) is 11.8 Å². The minimum atomic E-state index is -0.179. The molecule has 116 valence electrons. The Balaban J connectivity index is 1.78. The molecule has 0 atom stereocenters. The van der Waals surface area contributed by atoms with Crippen LogP contribution in [0.1, 0.15) is 26.2 Å². The zero-order chi connectivity index (χ0) is 16.0. The summed E-state index contributed by atoms with van der Waals surface area (Å²) in [6, 6.07) is 4.20. The van der Waals surface area contributed by atoms with Crippen LogP contribution >= 0.6 is 11.6 Å². The highest BCUT2D eigenvalue weighted by molar-refractivity contribution is 6.29. The van der Waals surface area contributed by atoms with Crippen LogP contribution in [0.3, 0.4) is 0 Å². The van der Waals surface area contributed by atoms with Gasteiger partial charge < -0.3 is 0 Å². The smallest absolute Gasteiger partial charge is 0.148 e. The Kier molecular flexibility index (Phi) is 3.13. The average Bonchev–Trinajstić information content (AvgIpc) is 3.13. The number of fused-ring (bicyclic) bond motifs is 1. The Hall–Kier alpha value is -2.39. The van der Waals surface area contributed by atoms with Gasteiger partial charge in [-0.05, 0) is 24.8 Å². The Labute approximate surface area is 138 Å². The zero-order valence-electron chi connectivity index (χ0n) is 12.6. The van der Waals surface area contributed by atoms with E-state index in [2.05, 4.69) is 28.2 Å². The molecule has 0 aliphatic heterocycles. The minimum absolute atomic E-state index is 0.179. The maximum Gasteiger partial charge on any atom is 0.148 e. The quantitative estimate of drug-likeness (QED) is 0.740. The Morgan fingerprint density at radius 1 is 1.39 bits per heavy atom. The van der Waals surface area contributed by atoms with Gasteiger partial charge in [0.2, 0.25) is 0 Å². The topological polar surface area (TPSA) is 71.8 Å². The highest BCUT2D eigenvalue weighted by Gasteiger charge is 2.44. The summed E-state index contributed by atoms with van der Waals surface area (Å²) in [6.45, 7) is 2.20. The van der Waals surface area contributed by atoms with Crippen molar-refractivity contribution in [1.82, 2.24) is 24.4 Å².